The Balaban J connectivity index is 1.72. The molecule has 4 N–H and O–H groups in total. The zero-order chi connectivity index (χ0) is 21.9. The summed E-state index contributed by atoms with van der Waals surface area (Å²) < 4.78 is 19.9. The standard InChI is InChI=1S/C20H24INO8/c1-29-20(19(27)22-12-4-5-12)9-15(25)18(21-28)16(10-20)30-17(26)7-3-11-2-6-13(23)14(24)8-11/h2-3,6-8,12,15-16,18,23-24,28H,4-5,9-10H2,1H3,(H,22,27)/q-2/b7-3+/t15?,16-,18?,20?/m1/s1. The van der Waals surface area contributed by atoms with Crippen molar-refractivity contribution in [2.75, 3.05) is 7.11 Å². The number of ether oxygens (including phenoxy) is 2. The minimum atomic E-state index is -1.52. The van der Waals surface area contributed by atoms with Gasteiger partial charge in [0.15, 0.2) is 0 Å². The molecule has 3 rings (SSSR count). The summed E-state index contributed by atoms with van der Waals surface area (Å²) in [6.07, 6.45) is 1.92. The van der Waals surface area contributed by atoms with E-state index in [0.29, 0.717) is 5.56 Å². The van der Waals surface area contributed by atoms with Crippen LogP contribution < -0.4 is 32.0 Å². The van der Waals surface area contributed by atoms with E-state index in [4.69, 9.17) is 9.47 Å². The number of methoxy groups -OCH3 is 1. The second-order valence-electron chi connectivity index (χ2n) is 7.49. The molecule has 9 nitrogen and oxygen atoms in total. The van der Waals surface area contributed by atoms with Gasteiger partial charge in [0.2, 0.25) is 0 Å². The van der Waals surface area contributed by atoms with Crippen LogP contribution in [0.15, 0.2) is 24.3 Å². The first-order valence-corrected chi connectivity index (χ1v) is 11.7. The Morgan fingerprint density at radius 1 is 1.27 bits per heavy atom. The molecule has 2 aliphatic rings. The van der Waals surface area contributed by atoms with Crippen molar-refractivity contribution in [2.24, 2.45) is 0 Å². The topological polar surface area (TPSA) is 148 Å². The number of hydrogen-bond donors (Lipinski definition) is 4. The van der Waals surface area contributed by atoms with Crippen molar-refractivity contribution in [3.05, 3.63) is 29.8 Å². The van der Waals surface area contributed by atoms with E-state index >= 15 is 0 Å². The van der Waals surface area contributed by atoms with Gasteiger partial charge in [-0.25, -0.2) is 0 Å². The van der Waals surface area contributed by atoms with Crippen molar-refractivity contribution in [3.63, 3.8) is 0 Å². The predicted molar refractivity (Wildman–Crippen MR) is 98.6 cm³/mol. The number of carbonyl (C=O) groups excluding carboxylic acids is 2. The number of aromatic hydroxyl groups is 2. The number of hydrogen-bond acceptors (Lipinski definition) is 8. The normalized spacial score (nSPS) is 29.1. The Kier molecular flexibility index (Phi) is 7.22. The number of carbonyl (C=O) groups is 2. The molecule has 30 heavy (non-hydrogen) atoms. The molecular formula is C20H24INO8-2. The van der Waals surface area contributed by atoms with E-state index in [1.807, 2.05) is 0 Å². The van der Waals surface area contributed by atoms with E-state index in [2.05, 4.69) is 5.32 Å². The van der Waals surface area contributed by atoms with Crippen molar-refractivity contribution >= 4 is 18.0 Å². The first-order chi connectivity index (χ1) is 14.3. The number of nitrogens with one attached hydrogen (secondary N) is 1. The van der Waals surface area contributed by atoms with Gasteiger partial charge in [-0.1, -0.05) is 0 Å². The summed E-state index contributed by atoms with van der Waals surface area (Å²) in [5, 5.41) is 34.4. The van der Waals surface area contributed by atoms with Gasteiger partial charge in [0.25, 0.3) is 0 Å². The van der Waals surface area contributed by atoms with Crippen LogP contribution >= 0.6 is 0 Å². The van der Waals surface area contributed by atoms with Gasteiger partial charge in [0.1, 0.15) is 0 Å². The molecule has 3 unspecified atom stereocenters. The number of rotatable bonds is 7. The molecule has 10 heteroatoms. The molecule has 1 aromatic carbocycles. The van der Waals surface area contributed by atoms with Gasteiger partial charge in [-0.3, -0.25) is 0 Å². The van der Waals surface area contributed by atoms with Crippen molar-refractivity contribution in [1.82, 2.24) is 5.32 Å². The number of alkyl halides is 1. The minimum absolute atomic E-state index is 0.00861. The van der Waals surface area contributed by atoms with Gasteiger partial charge < -0.3 is 0 Å². The molecule has 0 bridgehead atoms. The fraction of sp³-hybridized carbons (Fsp3) is 0.500. The van der Waals surface area contributed by atoms with Crippen LogP contribution in [-0.2, 0) is 19.1 Å². The third kappa shape index (κ3) is 5.23. The van der Waals surface area contributed by atoms with Crippen molar-refractivity contribution < 1.29 is 59.4 Å². The maximum atomic E-state index is 12.7. The fourth-order valence-electron chi connectivity index (χ4n) is 3.42. The average Bonchev–Trinajstić information content (AvgIpc) is 3.52. The fourth-order valence-corrected chi connectivity index (χ4v) is 4.79. The summed E-state index contributed by atoms with van der Waals surface area (Å²) in [4.78, 5) is 25.0. The molecule has 2 fully saturated rings. The van der Waals surface area contributed by atoms with Crippen LogP contribution in [0.3, 0.4) is 0 Å². The summed E-state index contributed by atoms with van der Waals surface area (Å²) in [5.74, 6) is -1.76. The second kappa shape index (κ2) is 9.50. The van der Waals surface area contributed by atoms with Gasteiger partial charge >= 0.3 is 185 Å². The quantitative estimate of drug-likeness (QED) is 0.0932. The molecule has 0 aliphatic heterocycles. The van der Waals surface area contributed by atoms with Crippen LogP contribution in [-0.4, -0.2) is 60.4 Å². The summed E-state index contributed by atoms with van der Waals surface area (Å²) in [7, 11) is 1.35. The monoisotopic (exact) mass is 533 g/mol. The molecule has 0 saturated heterocycles. The summed E-state index contributed by atoms with van der Waals surface area (Å²) >= 11 is -1.52. The van der Waals surface area contributed by atoms with E-state index in [1.54, 1.807) is 0 Å². The van der Waals surface area contributed by atoms with Crippen LogP contribution in [0.5, 0.6) is 11.5 Å². The van der Waals surface area contributed by atoms with Gasteiger partial charge in [-0.2, -0.15) is 0 Å². The van der Waals surface area contributed by atoms with Crippen LogP contribution in [0.25, 0.3) is 6.08 Å². The third-order valence-corrected chi connectivity index (χ3v) is 7.53. The van der Waals surface area contributed by atoms with E-state index in [9.17, 15) is 28.3 Å². The number of benzene rings is 1. The molecule has 0 aromatic heterocycles. The summed E-state index contributed by atoms with van der Waals surface area (Å²) in [6, 6.07) is 4.13. The van der Waals surface area contributed by atoms with Gasteiger partial charge in [0, 0.05) is 0 Å². The molecule has 0 radical (unpaired) electrons. The Morgan fingerprint density at radius 2 is 2.00 bits per heavy atom. The maximum absolute atomic E-state index is 12.7. The Hall–Kier alpha value is -1.89. The Morgan fingerprint density at radius 3 is 2.60 bits per heavy atom. The number of phenols is 2. The van der Waals surface area contributed by atoms with E-state index in [-0.39, 0.29) is 36.3 Å². The molecule has 166 valence electrons. The zero-order valence-corrected chi connectivity index (χ0v) is 18.4. The summed E-state index contributed by atoms with van der Waals surface area (Å²) in [6.45, 7) is 0. The number of phenolic OH excluding ortho intramolecular Hbond substituents is 2. The van der Waals surface area contributed by atoms with Gasteiger partial charge in [-0.15, -0.1) is 0 Å². The molecular weight excluding hydrogens is 509 g/mol. The molecule has 2 saturated carbocycles. The molecule has 1 amide bonds. The SMILES string of the molecule is COC1(C(=O)NC2CC2)CC([O-])C([I-]O)[C@H](OC(=O)/C=C/c2ccc(O)c(O)c2)C1. The number of esters is 1. The van der Waals surface area contributed by atoms with Crippen molar-refractivity contribution in [1.29, 1.82) is 0 Å². The Labute approximate surface area is 184 Å². The van der Waals surface area contributed by atoms with Gasteiger partial charge in [-0.05, 0) is 0 Å². The number of halogens is 1. The predicted octanol–water partition coefficient (Wildman–Crippen LogP) is -3.43. The van der Waals surface area contributed by atoms with Gasteiger partial charge in [0.05, 0.1) is 0 Å². The van der Waals surface area contributed by atoms with Crippen LogP contribution in [0.4, 0.5) is 0 Å². The molecule has 4 atom stereocenters. The van der Waals surface area contributed by atoms with E-state index in [1.165, 1.54) is 31.4 Å². The number of amides is 1. The van der Waals surface area contributed by atoms with Crippen LogP contribution in [0.1, 0.15) is 31.2 Å². The average molecular weight is 533 g/mol. The molecule has 0 heterocycles. The first kappa shape index (κ1) is 22.8. The summed E-state index contributed by atoms with van der Waals surface area (Å²) in [5.41, 5.74) is -0.948. The van der Waals surface area contributed by atoms with Crippen molar-refractivity contribution in [2.45, 2.75) is 53.5 Å². The molecule has 0 spiro atoms. The van der Waals surface area contributed by atoms with Crippen LogP contribution in [0.2, 0.25) is 0 Å². The first-order valence-electron chi connectivity index (χ1n) is 9.47. The van der Waals surface area contributed by atoms with E-state index in [0.717, 1.165) is 18.9 Å². The zero-order valence-electron chi connectivity index (χ0n) is 16.3. The van der Waals surface area contributed by atoms with Crippen LogP contribution in [0, 0.1) is 0 Å². The third-order valence-electron chi connectivity index (χ3n) is 5.28. The van der Waals surface area contributed by atoms with E-state index < -0.39 is 49.3 Å². The Bertz CT molecular complexity index is 827. The second-order valence-corrected chi connectivity index (χ2v) is 9.49. The molecule has 2 aliphatic carbocycles. The molecule has 1 aromatic rings. The van der Waals surface area contributed by atoms with Crippen molar-refractivity contribution in [3.8, 4) is 11.5 Å².